The van der Waals surface area contributed by atoms with E-state index in [1.807, 2.05) is 31.0 Å². The van der Waals surface area contributed by atoms with E-state index in [4.69, 9.17) is 9.72 Å². The fourth-order valence-corrected chi connectivity index (χ4v) is 9.46. The quantitative estimate of drug-likeness (QED) is 0.218. The van der Waals surface area contributed by atoms with Gasteiger partial charge < -0.3 is 25.2 Å². The van der Waals surface area contributed by atoms with Gasteiger partial charge in [-0.1, -0.05) is 25.1 Å². The van der Waals surface area contributed by atoms with Gasteiger partial charge in [0, 0.05) is 69.7 Å². The first-order valence-corrected chi connectivity index (χ1v) is 22.4. The van der Waals surface area contributed by atoms with E-state index in [0.29, 0.717) is 86.3 Å². The second kappa shape index (κ2) is 18.3. The maximum absolute atomic E-state index is 13.8. The number of hydrogen-bond donors (Lipinski definition) is 3. The number of ether oxygens (including phenoxy) is 1. The Hall–Kier alpha value is -6.13. The molecule has 0 aliphatic carbocycles. The van der Waals surface area contributed by atoms with Gasteiger partial charge >= 0.3 is 0 Å². The topological polar surface area (TPSA) is 170 Å². The van der Waals surface area contributed by atoms with Crippen LogP contribution in [0.4, 0.5) is 17.1 Å². The predicted molar refractivity (Wildman–Crippen MR) is 241 cm³/mol. The van der Waals surface area contributed by atoms with Crippen LogP contribution in [0.1, 0.15) is 78.5 Å². The number of piperazine rings is 1. The third-order valence-electron chi connectivity index (χ3n) is 13.0. The number of hydrogen-bond acceptors (Lipinski definition) is 12. The molecule has 5 aliphatic heterocycles. The lowest BCUT2D eigenvalue weighted by atomic mass is 9.89. The maximum Gasteiger partial charge on any atom is 0.280 e. The predicted octanol–water partition coefficient (Wildman–Crippen LogP) is 4.77. The number of imide groups is 1. The number of benzene rings is 2. The molecule has 2 bridgehead atoms. The minimum Gasteiger partial charge on any atom is -0.477 e. The highest BCUT2D eigenvalue weighted by Crippen LogP contribution is 2.36. The Kier molecular flexibility index (Phi) is 12.3. The summed E-state index contributed by atoms with van der Waals surface area (Å²) in [5.74, 6) is 1.23. The molecule has 9 rings (SSSR count). The minimum atomic E-state index is -0.397. The highest BCUT2D eigenvalue weighted by Gasteiger charge is 2.31. The summed E-state index contributed by atoms with van der Waals surface area (Å²) in [5.41, 5.74) is 7.77. The maximum atomic E-state index is 13.8. The number of fused-ring (bicyclic) bond motifs is 7. The SMILES string of the molecule is Cc1cc2cc(n1)-c1cnn(C)c1OCCC[C@@H](C)CN1/C(=N/C2=O)Nc2ccc(CN3CCN(C(=O)CN4CCC(c5ccc(NC6CCC(=O)NC6=O)cc5)CC4)CC3)cc21. The first kappa shape index (κ1) is 42.2. The number of likely N-dealkylation sites (tertiary alicyclic amines) is 1. The lowest BCUT2D eigenvalue weighted by molar-refractivity contribution is -0.135. The summed E-state index contributed by atoms with van der Waals surface area (Å²) < 4.78 is 7.96. The lowest BCUT2D eigenvalue weighted by Gasteiger charge is -2.37. The Bertz CT molecular complexity index is 2400. The molecule has 330 valence electrons. The van der Waals surface area contributed by atoms with Crippen LogP contribution in [0.3, 0.4) is 0 Å². The van der Waals surface area contributed by atoms with Gasteiger partial charge in [0.1, 0.15) is 6.04 Å². The molecule has 0 spiro atoms. The Morgan fingerprint density at radius 3 is 2.48 bits per heavy atom. The Morgan fingerprint density at radius 2 is 1.70 bits per heavy atom. The number of aliphatic imine (C=N–C) groups is 1. The van der Waals surface area contributed by atoms with E-state index in [-0.39, 0.29) is 23.6 Å². The number of carbonyl (C=O) groups is 4. The van der Waals surface area contributed by atoms with Crippen LogP contribution in [0.15, 0.2) is 65.8 Å². The molecule has 1 unspecified atom stereocenters. The smallest absolute Gasteiger partial charge is 0.280 e. The van der Waals surface area contributed by atoms with E-state index in [1.165, 1.54) is 11.1 Å². The second-order valence-corrected chi connectivity index (χ2v) is 17.8. The van der Waals surface area contributed by atoms with E-state index in [9.17, 15) is 19.2 Å². The number of nitrogens with one attached hydrogen (secondary N) is 3. The molecule has 16 heteroatoms. The zero-order chi connectivity index (χ0) is 43.6. The van der Waals surface area contributed by atoms with Crippen LogP contribution in [0.2, 0.25) is 0 Å². The molecule has 4 amide bonds. The highest BCUT2D eigenvalue weighted by molar-refractivity contribution is 6.19. The molecule has 3 saturated heterocycles. The number of anilines is 3. The van der Waals surface area contributed by atoms with Gasteiger partial charge in [-0.25, -0.2) is 4.68 Å². The lowest BCUT2D eigenvalue weighted by Crippen LogP contribution is -2.51. The summed E-state index contributed by atoms with van der Waals surface area (Å²) in [6, 6.07) is 17.9. The number of aryl methyl sites for hydroxylation is 2. The summed E-state index contributed by atoms with van der Waals surface area (Å²) in [6.07, 6.45) is 6.34. The van der Waals surface area contributed by atoms with Crippen molar-refractivity contribution in [3.63, 3.8) is 0 Å². The van der Waals surface area contributed by atoms with Crippen LogP contribution in [0, 0.1) is 12.8 Å². The van der Waals surface area contributed by atoms with Gasteiger partial charge in [0.2, 0.25) is 29.6 Å². The van der Waals surface area contributed by atoms with E-state index in [0.717, 1.165) is 81.0 Å². The van der Waals surface area contributed by atoms with Gasteiger partial charge in [-0.3, -0.25) is 39.3 Å². The van der Waals surface area contributed by atoms with Crippen LogP contribution in [-0.2, 0) is 28.0 Å². The third kappa shape index (κ3) is 9.61. The average Bonchev–Trinajstić information content (AvgIpc) is 3.81. The van der Waals surface area contributed by atoms with Gasteiger partial charge in [0.05, 0.1) is 42.0 Å². The first-order chi connectivity index (χ1) is 30.5. The molecule has 0 radical (unpaired) electrons. The van der Waals surface area contributed by atoms with E-state index < -0.39 is 6.04 Å². The van der Waals surface area contributed by atoms with Crippen LogP contribution >= 0.6 is 0 Å². The first-order valence-electron chi connectivity index (χ1n) is 22.4. The average molecular weight is 856 g/mol. The Morgan fingerprint density at radius 1 is 0.905 bits per heavy atom. The van der Waals surface area contributed by atoms with Crippen molar-refractivity contribution in [1.82, 2.24) is 34.8 Å². The third-order valence-corrected chi connectivity index (χ3v) is 13.0. The largest absolute Gasteiger partial charge is 0.477 e. The number of guanidine groups is 1. The van der Waals surface area contributed by atoms with Crippen LogP contribution < -0.4 is 25.6 Å². The summed E-state index contributed by atoms with van der Waals surface area (Å²) in [6.45, 7) is 11.3. The van der Waals surface area contributed by atoms with Crippen LogP contribution in [0.5, 0.6) is 5.88 Å². The molecule has 16 nitrogen and oxygen atoms in total. The molecule has 5 aliphatic rings. The number of amides is 4. The van der Waals surface area contributed by atoms with Crippen molar-refractivity contribution in [2.45, 2.75) is 70.9 Å². The molecule has 2 atom stereocenters. The number of aromatic nitrogens is 3. The number of rotatable bonds is 7. The molecule has 2 aromatic heterocycles. The number of pyridine rings is 1. The minimum absolute atomic E-state index is 0.194. The fourth-order valence-electron chi connectivity index (χ4n) is 9.46. The standard InChI is InChI=1S/C47H57N11O5/c1-30-5-4-22-63-46-37(26-48-54(46)3)40-25-35(23-31(2)49-40)44(61)53-47-51-38-11-6-32(24-41(38)58(47)27-30)28-56-18-20-57(21-19-56)43(60)29-55-16-14-34(15-17-55)33-7-9-36(10-8-33)50-39-12-13-42(59)52-45(39)62/h6-11,23-26,30,34,39,50H,4-5,12-22,27-29H2,1-3H3,(H,51,53,61)(H,52,59,62)/t30-,39?/m1/s1. The molecular weight excluding hydrogens is 799 g/mol. The zero-order valence-corrected chi connectivity index (χ0v) is 36.4. The van der Waals surface area contributed by atoms with Crippen molar-refractivity contribution in [2.75, 3.05) is 74.5 Å². The number of carbonyl (C=O) groups excluding carboxylic acids is 4. The van der Waals surface area contributed by atoms with Crippen molar-refractivity contribution in [1.29, 1.82) is 0 Å². The van der Waals surface area contributed by atoms with Gasteiger partial charge in [0.15, 0.2) is 0 Å². The van der Waals surface area contributed by atoms with Crippen molar-refractivity contribution in [2.24, 2.45) is 18.0 Å². The molecular formula is C47H57N11O5. The monoisotopic (exact) mass is 855 g/mol. The number of piperidine rings is 2. The van der Waals surface area contributed by atoms with E-state index in [2.05, 4.69) is 78.0 Å². The zero-order valence-electron chi connectivity index (χ0n) is 36.4. The van der Waals surface area contributed by atoms with Crippen molar-refractivity contribution >= 4 is 46.7 Å². The molecule has 4 aromatic rings. The van der Waals surface area contributed by atoms with Gasteiger partial charge in [-0.2, -0.15) is 10.1 Å². The van der Waals surface area contributed by atoms with Crippen LogP contribution in [0.25, 0.3) is 11.3 Å². The summed E-state index contributed by atoms with van der Waals surface area (Å²) in [7, 11) is 1.85. The van der Waals surface area contributed by atoms with Crippen molar-refractivity contribution in [3.8, 4) is 17.1 Å². The Balaban J connectivity index is 0.780. The van der Waals surface area contributed by atoms with Crippen molar-refractivity contribution < 1.29 is 23.9 Å². The molecule has 0 saturated carbocycles. The van der Waals surface area contributed by atoms with E-state index in [1.54, 1.807) is 23.0 Å². The summed E-state index contributed by atoms with van der Waals surface area (Å²) in [5, 5.41) is 13.5. The molecule has 7 heterocycles. The molecule has 3 N–H and O–H groups in total. The molecule has 63 heavy (non-hydrogen) atoms. The summed E-state index contributed by atoms with van der Waals surface area (Å²) >= 11 is 0. The Labute approximate surface area is 368 Å². The second-order valence-electron chi connectivity index (χ2n) is 17.8. The van der Waals surface area contributed by atoms with Gasteiger partial charge in [-0.05, 0) is 111 Å². The summed E-state index contributed by atoms with van der Waals surface area (Å²) in [4.78, 5) is 69.2. The van der Waals surface area contributed by atoms with Crippen LogP contribution in [-0.4, -0.2) is 124 Å². The van der Waals surface area contributed by atoms with E-state index >= 15 is 0 Å². The number of nitrogens with zero attached hydrogens (tertiary/aromatic N) is 8. The van der Waals surface area contributed by atoms with Gasteiger partial charge in [-0.15, -0.1) is 0 Å². The normalized spacial score (nSPS) is 22.3. The molecule has 2 aromatic carbocycles. The van der Waals surface area contributed by atoms with Gasteiger partial charge in [0.25, 0.3) is 5.91 Å². The molecule has 3 fully saturated rings. The fraction of sp³-hybridized carbons (Fsp3) is 0.468. The van der Waals surface area contributed by atoms with Crippen molar-refractivity contribution in [3.05, 3.63) is 83.2 Å². The highest BCUT2D eigenvalue weighted by atomic mass is 16.5.